The van der Waals surface area contributed by atoms with E-state index in [4.69, 9.17) is 18.9 Å². The predicted molar refractivity (Wildman–Crippen MR) is 150 cm³/mol. The lowest BCUT2D eigenvalue weighted by molar-refractivity contribution is -0.255. The first kappa shape index (κ1) is 27.1. The Balaban J connectivity index is 1.18. The van der Waals surface area contributed by atoms with Crippen LogP contribution >= 0.6 is 0 Å². The van der Waals surface area contributed by atoms with Crippen LogP contribution in [0.1, 0.15) is 58.7 Å². The number of hydrogen-bond acceptors (Lipinski definition) is 7. The number of carbonyl (C=O) groups is 1. The maximum absolute atomic E-state index is 12.7. The predicted octanol–water partition coefficient (Wildman–Crippen LogP) is 4.82. The molecule has 0 aliphatic carbocycles. The highest BCUT2D eigenvalue weighted by molar-refractivity contribution is 6.04. The molecule has 210 valence electrons. The van der Waals surface area contributed by atoms with Crippen molar-refractivity contribution in [1.82, 2.24) is 4.90 Å². The van der Waals surface area contributed by atoms with Crippen molar-refractivity contribution in [3.8, 4) is 0 Å². The van der Waals surface area contributed by atoms with Crippen LogP contribution in [0.15, 0.2) is 78.9 Å². The summed E-state index contributed by atoms with van der Waals surface area (Å²) in [6, 6.07) is 24.7. The largest absolute Gasteiger partial charge is 0.392 e. The summed E-state index contributed by atoms with van der Waals surface area (Å²) in [6.45, 7) is 3.92. The van der Waals surface area contributed by atoms with E-state index < -0.39 is 12.1 Å². The normalized spacial score (nSPS) is 24.7. The Morgan fingerprint density at radius 1 is 0.900 bits per heavy atom. The van der Waals surface area contributed by atoms with Gasteiger partial charge in [-0.3, -0.25) is 4.79 Å². The van der Waals surface area contributed by atoms with Gasteiger partial charge in [-0.2, -0.15) is 0 Å². The summed E-state index contributed by atoms with van der Waals surface area (Å²) >= 11 is 0. The first-order valence-electron chi connectivity index (χ1n) is 14.1. The number of piperidine rings is 1. The van der Waals surface area contributed by atoms with E-state index in [9.17, 15) is 9.90 Å². The smallest absolute Gasteiger partial charge is 0.255 e. The van der Waals surface area contributed by atoms with Crippen molar-refractivity contribution >= 4 is 11.6 Å². The quantitative estimate of drug-likeness (QED) is 0.441. The van der Waals surface area contributed by atoms with Crippen LogP contribution in [0.2, 0.25) is 0 Å². The van der Waals surface area contributed by atoms with E-state index >= 15 is 0 Å². The van der Waals surface area contributed by atoms with Gasteiger partial charge in [-0.15, -0.1) is 0 Å². The van der Waals surface area contributed by atoms with Crippen LogP contribution in [0.5, 0.6) is 0 Å². The van der Waals surface area contributed by atoms with E-state index in [1.54, 1.807) is 12.1 Å². The third-order valence-electron chi connectivity index (χ3n) is 7.96. The van der Waals surface area contributed by atoms with Gasteiger partial charge in [0.25, 0.3) is 5.91 Å². The highest BCUT2D eigenvalue weighted by atomic mass is 16.7. The average molecular weight is 545 g/mol. The number of benzene rings is 3. The standard InChI is InChI=1S/C32H36N2O6/c35-22-23-9-11-24(12-10-23)29-20-28(21-34-15-13-32(14-16-34)37-17-18-38-32)39-31(40-29)26-7-4-8-27(19-26)33-30(36)25-5-2-1-3-6-25/h1-12,19,28-29,31,35H,13-18,20-22H2,(H,33,36). The first-order valence-corrected chi connectivity index (χ1v) is 14.1. The molecule has 40 heavy (non-hydrogen) atoms. The molecular weight excluding hydrogens is 508 g/mol. The van der Waals surface area contributed by atoms with Crippen LogP contribution in [0.3, 0.4) is 0 Å². The number of nitrogens with zero attached hydrogens (tertiary/aromatic N) is 1. The maximum atomic E-state index is 12.7. The molecule has 8 heteroatoms. The first-order chi connectivity index (χ1) is 19.6. The summed E-state index contributed by atoms with van der Waals surface area (Å²) in [5.74, 6) is -0.571. The Labute approximate surface area is 234 Å². The maximum Gasteiger partial charge on any atom is 0.255 e. The van der Waals surface area contributed by atoms with Crippen molar-refractivity contribution in [1.29, 1.82) is 0 Å². The summed E-state index contributed by atoms with van der Waals surface area (Å²) in [7, 11) is 0. The Morgan fingerprint density at radius 3 is 2.38 bits per heavy atom. The highest BCUT2D eigenvalue weighted by Crippen LogP contribution is 2.39. The van der Waals surface area contributed by atoms with E-state index in [2.05, 4.69) is 10.2 Å². The van der Waals surface area contributed by atoms with Crippen molar-refractivity contribution < 1.29 is 28.8 Å². The zero-order valence-electron chi connectivity index (χ0n) is 22.5. The molecule has 8 nitrogen and oxygen atoms in total. The van der Waals surface area contributed by atoms with Crippen LogP contribution in [0, 0.1) is 0 Å². The van der Waals surface area contributed by atoms with Gasteiger partial charge in [0, 0.05) is 55.7 Å². The van der Waals surface area contributed by atoms with E-state index in [1.165, 1.54) is 0 Å². The zero-order valence-corrected chi connectivity index (χ0v) is 22.5. The molecule has 3 fully saturated rings. The fraction of sp³-hybridized carbons (Fsp3) is 0.406. The minimum absolute atomic E-state index is 0.00549. The zero-order chi connectivity index (χ0) is 27.4. The summed E-state index contributed by atoms with van der Waals surface area (Å²) in [5, 5.41) is 12.5. The van der Waals surface area contributed by atoms with E-state index in [1.807, 2.05) is 66.7 Å². The second-order valence-electron chi connectivity index (χ2n) is 10.7. The van der Waals surface area contributed by atoms with Gasteiger partial charge in [-0.25, -0.2) is 0 Å². The molecule has 0 radical (unpaired) electrons. The third-order valence-corrected chi connectivity index (χ3v) is 7.96. The van der Waals surface area contributed by atoms with E-state index in [0.717, 1.165) is 49.2 Å². The average Bonchev–Trinajstić information content (AvgIpc) is 3.47. The minimum atomic E-state index is -0.590. The molecule has 3 aliphatic rings. The summed E-state index contributed by atoms with van der Waals surface area (Å²) in [5.41, 5.74) is 4.04. The lowest BCUT2D eigenvalue weighted by Gasteiger charge is -2.41. The van der Waals surface area contributed by atoms with Crippen LogP contribution in [-0.4, -0.2) is 60.7 Å². The van der Waals surface area contributed by atoms with Crippen molar-refractivity contribution in [2.75, 3.05) is 38.2 Å². The Hall–Kier alpha value is -3.11. The Bertz CT molecular complexity index is 1270. The molecule has 3 unspecified atom stereocenters. The molecule has 3 heterocycles. The number of carbonyl (C=O) groups excluding carboxylic acids is 1. The molecule has 0 bridgehead atoms. The van der Waals surface area contributed by atoms with E-state index in [0.29, 0.717) is 30.9 Å². The van der Waals surface area contributed by atoms with Gasteiger partial charge in [0.15, 0.2) is 12.1 Å². The van der Waals surface area contributed by atoms with E-state index in [-0.39, 0.29) is 24.7 Å². The molecule has 1 spiro atoms. The minimum Gasteiger partial charge on any atom is -0.392 e. The van der Waals surface area contributed by atoms with Crippen LogP contribution in [-0.2, 0) is 25.6 Å². The molecule has 2 N–H and O–H groups in total. The third kappa shape index (κ3) is 6.28. The van der Waals surface area contributed by atoms with Gasteiger partial charge >= 0.3 is 0 Å². The van der Waals surface area contributed by atoms with Crippen molar-refractivity contribution in [3.05, 3.63) is 101 Å². The molecular formula is C32H36N2O6. The van der Waals surface area contributed by atoms with Crippen LogP contribution in [0.4, 0.5) is 5.69 Å². The van der Waals surface area contributed by atoms with Crippen molar-refractivity contribution in [2.45, 2.75) is 50.2 Å². The van der Waals surface area contributed by atoms with Crippen LogP contribution in [0.25, 0.3) is 0 Å². The second-order valence-corrected chi connectivity index (χ2v) is 10.7. The Kier molecular flexibility index (Phi) is 8.25. The number of likely N-dealkylation sites (tertiary alicyclic amines) is 1. The fourth-order valence-electron chi connectivity index (χ4n) is 5.74. The highest BCUT2D eigenvalue weighted by Gasteiger charge is 2.41. The van der Waals surface area contributed by atoms with Gasteiger partial charge in [0.05, 0.1) is 32.0 Å². The molecule has 3 aromatic rings. The van der Waals surface area contributed by atoms with Crippen molar-refractivity contribution in [3.63, 3.8) is 0 Å². The molecule has 1 amide bonds. The monoisotopic (exact) mass is 544 g/mol. The number of anilines is 1. The summed E-state index contributed by atoms with van der Waals surface area (Å²) < 4.78 is 24.9. The molecule has 0 saturated carbocycles. The number of rotatable bonds is 7. The lowest BCUT2D eigenvalue weighted by Crippen LogP contribution is -2.48. The molecule has 6 rings (SSSR count). The molecule has 0 aromatic heterocycles. The summed E-state index contributed by atoms with van der Waals surface area (Å²) in [6.07, 6.45) is 1.62. The number of ether oxygens (including phenoxy) is 4. The molecule has 3 atom stereocenters. The number of aliphatic hydroxyl groups is 1. The molecule has 3 aromatic carbocycles. The Morgan fingerprint density at radius 2 is 1.65 bits per heavy atom. The topological polar surface area (TPSA) is 89.5 Å². The number of aliphatic hydroxyl groups excluding tert-OH is 1. The number of nitrogens with one attached hydrogen (secondary N) is 1. The van der Waals surface area contributed by atoms with Gasteiger partial charge in [-0.05, 0) is 35.4 Å². The van der Waals surface area contributed by atoms with Crippen LogP contribution < -0.4 is 5.32 Å². The lowest BCUT2D eigenvalue weighted by atomic mass is 9.98. The molecule has 3 aliphatic heterocycles. The summed E-state index contributed by atoms with van der Waals surface area (Å²) in [4.78, 5) is 15.2. The van der Waals surface area contributed by atoms with Gasteiger partial charge in [0.1, 0.15) is 0 Å². The molecule has 3 saturated heterocycles. The SMILES string of the molecule is O=C(Nc1cccc(C2OC(CN3CCC4(CC3)OCCO4)CC(c3ccc(CO)cc3)O2)c1)c1ccccc1. The van der Waals surface area contributed by atoms with Gasteiger partial charge in [-0.1, -0.05) is 54.6 Å². The fourth-order valence-corrected chi connectivity index (χ4v) is 5.74. The number of hydrogen-bond donors (Lipinski definition) is 2. The second kappa shape index (κ2) is 12.2. The van der Waals surface area contributed by atoms with Crippen molar-refractivity contribution in [2.24, 2.45) is 0 Å². The number of amides is 1. The van der Waals surface area contributed by atoms with Gasteiger partial charge in [0.2, 0.25) is 0 Å². The van der Waals surface area contributed by atoms with Gasteiger partial charge < -0.3 is 34.3 Å².